The molecular formula is C14H26N2O3S. The maximum absolute atomic E-state index is 12.9. The maximum Gasteiger partial charge on any atom is 0.282 e. The first-order valence-electron chi connectivity index (χ1n) is 7.94. The molecule has 5 nitrogen and oxygen atoms in total. The second kappa shape index (κ2) is 5.55. The van der Waals surface area contributed by atoms with Crippen molar-refractivity contribution >= 4 is 10.2 Å². The van der Waals surface area contributed by atoms with Gasteiger partial charge in [-0.25, -0.2) is 0 Å². The lowest BCUT2D eigenvalue weighted by molar-refractivity contribution is 0.0728. The Balaban J connectivity index is 1.77. The fourth-order valence-corrected chi connectivity index (χ4v) is 6.29. The van der Waals surface area contributed by atoms with Crippen LogP contribution >= 0.6 is 0 Å². The zero-order valence-electron chi connectivity index (χ0n) is 12.2. The lowest BCUT2D eigenvalue weighted by Gasteiger charge is -2.40. The summed E-state index contributed by atoms with van der Waals surface area (Å²) in [6.07, 6.45) is 8.17. The van der Waals surface area contributed by atoms with Gasteiger partial charge in [0, 0.05) is 25.2 Å². The van der Waals surface area contributed by atoms with Crippen molar-refractivity contribution in [2.75, 3.05) is 7.05 Å². The Morgan fingerprint density at radius 3 is 2.10 bits per heavy atom. The lowest BCUT2D eigenvalue weighted by Crippen LogP contribution is -2.54. The highest BCUT2D eigenvalue weighted by atomic mass is 32.2. The van der Waals surface area contributed by atoms with Gasteiger partial charge in [-0.15, -0.1) is 0 Å². The number of hydrogen-bond donors (Lipinski definition) is 1. The van der Waals surface area contributed by atoms with Crippen LogP contribution in [0.2, 0.25) is 0 Å². The molecule has 1 N–H and O–H groups in total. The molecule has 1 aliphatic carbocycles. The van der Waals surface area contributed by atoms with Gasteiger partial charge in [-0.1, -0.05) is 19.3 Å². The van der Waals surface area contributed by atoms with Crippen LogP contribution in [0.5, 0.6) is 0 Å². The van der Waals surface area contributed by atoms with Crippen molar-refractivity contribution in [2.45, 2.75) is 82.0 Å². The molecule has 0 aromatic rings. The third-order valence-corrected chi connectivity index (χ3v) is 7.52. The molecule has 2 heterocycles. The van der Waals surface area contributed by atoms with Gasteiger partial charge in [0.25, 0.3) is 10.2 Å². The molecule has 1 saturated carbocycles. The van der Waals surface area contributed by atoms with Crippen LogP contribution in [0.1, 0.15) is 57.8 Å². The van der Waals surface area contributed by atoms with Crippen LogP contribution in [0.4, 0.5) is 0 Å². The number of fused-ring (bicyclic) bond motifs is 2. The van der Waals surface area contributed by atoms with Gasteiger partial charge in [0.05, 0.1) is 6.10 Å². The van der Waals surface area contributed by atoms with Gasteiger partial charge in [-0.05, 0) is 38.5 Å². The minimum absolute atomic E-state index is 0.0137. The van der Waals surface area contributed by atoms with Crippen molar-refractivity contribution in [3.05, 3.63) is 0 Å². The standard InChI is InChI=1S/C14H26N2O3S/c1-15(11-5-3-2-4-6-11)20(18,19)16-12-7-8-13(16)10-14(17)9-12/h11-14,17H,2-10H2,1H3. The third-order valence-electron chi connectivity index (χ3n) is 5.36. The molecule has 0 spiro atoms. The van der Waals surface area contributed by atoms with Crippen molar-refractivity contribution < 1.29 is 13.5 Å². The van der Waals surface area contributed by atoms with Crippen LogP contribution < -0.4 is 0 Å². The molecule has 0 aromatic heterocycles. The highest BCUT2D eigenvalue weighted by Gasteiger charge is 2.48. The van der Waals surface area contributed by atoms with Gasteiger partial charge in [-0.2, -0.15) is 17.0 Å². The molecule has 2 aliphatic heterocycles. The minimum Gasteiger partial charge on any atom is -0.393 e. The van der Waals surface area contributed by atoms with Crippen molar-refractivity contribution in [1.82, 2.24) is 8.61 Å². The topological polar surface area (TPSA) is 60.9 Å². The predicted octanol–water partition coefficient (Wildman–Crippen LogP) is 1.48. The summed E-state index contributed by atoms with van der Waals surface area (Å²) in [6.45, 7) is 0. The summed E-state index contributed by atoms with van der Waals surface area (Å²) in [7, 11) is -1.62. The Hall–Kier alpha value is -0.170. The maximum atomic E-state index is 12.9. The Kier molecular flexibility index (Phi) is 4.10. The molecular weight excluding hydrogens is 276 g/mol. The first-order valence-corrected chi connectivity index (χ1v) is 9.34. The van der Waals surface area contributed by atoms with E-state index in [2.05, 4.69) is 0 Å². The average Bonchev–Trinajstić information content (AvgIpc) is 2.72. The van der Waals surface area contributed by atoms with Gasteiger partial charge >= 0.3 is 0 Å². The number of piperidine rings is 1. The quantitative estimate of drug-likeness (QED) is 0.859. The van der Waals surface area contributed by atoms with E-state index in [0.717, 1.165) is 38.5 Å². The molecule has 2 atom stereocenters. The molecule has 116 valence electrons. The molecule has 2 unspecified atom stereocenters. The van der Waals surface area contributed by atoms with E-state index in [-0.39, 0.29) is 24.2 Å². The molecule has 2 bridgehead atoms. The van der Waals surface area contributed by atoms with Crippen molar-refractivity contribution in [1.29, 1.82) is 0 Å². The van der Waals surface area contributed by atoms with Gasteiger partial charge in [0.2, 0.25) is 0 Å². The summed E-state index contributed by atoms with van der Waals surface area (Å²) in [5.41, 5.74) is 0. The van der Waals surface area contributed by atoms with E-state index in [1.165, 1.54) is 6.42 Å². The number of hydrogen-bond acceptors (Lipinski definition) is 3. The van der Waals surface area contributed by atoms with Gasteiger partial charge in [0.1, 0.15) is 0 Å². The molecule has 0 aromatic carbocycles. The van der Waals surface area contributed by atoms with Gasteiger partial charge in [-0.3, -0.25) is 0 Å². The Morgan fingerprint density at radius 1 is 1.00 bits per heavy atom. The van der Waals surface area contributed by atoms with Crippen molar-refractivity contribution in [3.8, 4) is 0 Å². The normalized spacial score (nSPS) is 36.6. The summed E-state index contributed by atoms with van der Waals surface area (Å²) in [5, 5.41) is 9.83. The first kappa shape index (κ1) is 14.8. The average molecular weight is 302 g/mol. The second-order valence-electron chi connectivity index (χ2n) is 6.66. The first-order chi connectivity index (χ1) is 9.50. The summed E-state index contributed by atoms with van der Waals surface area (Å²) in [4.78, 5) is 0. The molecule has 2 saturated heterocycles. The molecule has 0 radical (unpaired) electrons. The Bertz CT molecular complexity index is 433. The van der Waals surface area contributed by atoms with Crippen LogP contribution in [-0.4, -0.2) is 53.4 Å². The smallest absolute Gasteiger partial charge is 0.282 e. The highest BCUT2D eigenvalue weighted by molar-refractivity contribution is 7.86. The lowest BCUT2D eigenvalue weighted by atomic mass is 9.96. The van der Waals surface area contributed by atoms with E-state index in [1.54, 1.807) is 15.7 Å². The fraction of sp³-hybridized carbons (Fsp3) is 1.00. The summed E-state index contributed by atoms with van der Waals surface area (Å²) >= 11 is 0. The van der Waals surface area contributed by atoms with Gasteiger partial charge < -0.3 is 5.11 Å². The summed E-state index contributed by atoms with van der Waals surface area (Å²) in [6, 6.07) is 0.194. The molecule has 3 fully saturated rings. The molecule has 20 heavy (non-hydrogen) atoms. The van der Waals surface area contributed by atoms with Crippen molar-refractivity contribution in [3.63, 3.8) is 0 Å². The Labute approximate surface area is 122 Å². The summed E-state index contributed by atoms with van der Waals surface area (Å²) in [5.74, 6) is 0. The predicted molar refractivity (Wildman–Crippen MR) is 77.4 cm³/mol. The number of aliphatic hydroxyl groups is 1. The van der Waals surface area contributed by atoms with Gasteiger partial charge in [0.15, 0.2) is 0 Å². The monoisotopic (exact) mass is 302 g/mol. The van der Waals surface area contributed by atoms with E-state index < -0.39 is 10.2 Å². The number of nitrogens with zero attached hydrogens (tertiary/aromatic N) is 2. The van der Waals surface area contributed by atoms with E-state index >= 15 is 0 Å². The highest BCUT2D eigenvalue weighted by Crippen LogP contribution is 2.39. The van der Waals surface area contributed by atoms with Crippen LogP contribution in [0.3, 0.4) is 0 Å². The van der Waals surface area contributed by atoms with E-state index in [9.17, 15) is 13.5 Å². The number of aliphatic hydroxyl groups excluding tert-OH is 1. The largest absolute Gasteiger partial charge is 0.393 e. The zero-order chi connectivity index (χ0) is 14.3. The number of rotatable bonds is 3. The van der Waals surface area contributed by atoms with Crippen LogP contribution in [0, 0.1) is 0 Å². The van der Waals surface area contributed by atoms with E-state index in [4.69, 9.17) is 0 Å². The molecule has 3 rings (SSSR count). The fourth-order valence-electron chi connectivity index (χ4n) is 4.26. The zero-order valence-corrected chi connectivity index (χ0v) is 13.1. The van der Waals surface area contributed by atoms with E-state index in [0.29, 0.717) is 12.8 Å². The van der Waals surface area contributed by atoms with Crippen molar-refractivity contribution in [2.24, 2.45) is 0 Å². The molecule has 6 heteroatoms. The molecule has 0 amide bonds. The van der Waals surface area contributed by atoms with Crippen LogP contribution in [0.25, 0.3) is 0 Å². The third kappa shape index (κ3) is 2.51. The van der Waals surface area contributed by atoms with E-state index in [1.807, 2.05) is 0 Å². The summed E-state index contributed by atoms with van der Waals surface area (Å²) < 4.78 is 29.2. The minimum atomic E-state index is -3.37. The Morgan fingerprint density at radius 2 is 1.55 bits per heavy atom. The van der Waals surface area contributed by atoms with Crippen LogP contribution in [-0.2, 0) is 10.2 Å². The van der Waals surface area contributed by atoms with Crippen LogP contribution in [0.15, 0.2) is 0 Å². The second-order valence-corrected chi connectivity index (χ2v) is 8.55. The molecule has 3 aliphatic rings. The SMILES string of the molecule is CN(C1CCCCC1)S(=O)(=O)N1C2CCC1CC(O)C2.